The van der Waals surface area contributed by atoms with E-state index in [4.69, 9.17) is 0 Å². The van der Waals surface area contributed by atoms with Gasteiger partial charge in [-0.2, -0.15) is 0 Å². The van der Waals surface area contributed by atoms with Gasteiger partial charge in [0.1, 0.15) is 10.4 Å². The normalized spacial score (nSPS) is 11.1. The lowest BCUT2D eigenvalue weighted by molar-refractivity contribution is -0.385. The largest absolute Gasteiger partial charge is 0.270 e. The number of hydrogen-bond donors (Lipinski definition) is 1. The number of nitro benzene ring substituents is 1. The summed E-state index contributed by atoms with van der Waals surface area (Å²) >= 11 is 3.14. The van der Waals surface area contributed by atoms with Crippen molar-refractivity contribution in [3.63, 3.8) is 0 Å². The highest BCUT2D eigenvalue weighted by Crippen LogP contribution is 2.23. The molecule has 0 amide bonds. The number of rotatable bonds is 4. The first kappa shape index (κ1) is 15.4. The van der Waals surface area contributed by atoms with E-state index in [1.807, 2.05) is 0 Å². The maximum absolute atomic E-state index is 12.3. The second-order valence-corrected chi connectivity index (χ2v) is 6.62. The zero-order valence-electron chi connectivity index (χ0n) is 10.8. The summed E-state index contributed by atoms with van der Waals surface area (Å²) in [5.41, 5.74) is 0.117. The van der Waals surface area contributed by atoms with Crippen LogP contribution in [-0.4, -0.2) is 18.3 Å². The molecule has 21 heavy (non-hydrogen) atoms. The molecule has 0 bridgehead atoms. The van der Waals surface area contributed by atoms with Gasteiger partial charge in [-0.15, -0.1) is 0 Å². The average Bonchev–Trinajstić information content (AvgIpc) is 2.38. The Balaban J connectivity index is 2.44. The van der Waals surface area contributed by atoms with Gasteiger partial charge >= 0.3 is 0 Å². The fourth-order valence-electron chi connectivity index (χ4n) is 1.65. The minimum atomic E-state index is -3.95. The highest BCUT2D eigenvalue weighted by atomic mass is 79.9. The maximum atomic E-state index is 12.3. The number of sulfonamides is 1. The molecule has 0 atom stereocenters. The molecule has 2 aromatic rings. The summed E-state index contributed by atoms with van der Waals surface area (Å²) in [5, 5.41) is 10.8. The number of nitrogens with zero attached hydrogens (tertiary/aromatic N) is 2. The molecule has 0 aliphatic rings. The van der Waals surface area contributed by atoms with Crippen molar-refractivity contribution in [1.82, 2.24) is 4.98 Å². The van der Waals surface area contributed by atoms with Crippen LogP contribution in [0.2, 0.25) is 0 Å². The van der Waals surface area contributed by atoms with Crippen LogP contribution in [0.4, 0.5) is 11.5 Å². The van der Waals surface area contributed by atoms with Crippen molar-refractivity contribution in [2.75, 3.05) is 4.72 Å². The molecule has 1 N–H and O–H groups in total. The van der Waals surface area contributed by atoms with Gasteiger partial charge in [-0.25, -0.2) is 13.4 Å². The van der Waals surface area contributed by atoms with Gasteiger partial charge in [0.25, 0.3) is 15.7 Å². The Hall–Kier alpha value is -2.00. The summed E-state index contributed by atoms with van der Waals surface area (Å²) < 4.78 is 27.4. The number of halogens is 1. The lowest BCUT2D eigenvalue weighted by atomic mass is 10.2. The first-order chi connectivity index (χ1) is 9.79. The zero-order valence-corrected chi connectivity index (χ0v) is 13.2. The van der Waals surface area contributed by atoms with Crippen LogP contribution in [0.15, 0.2) is 45.9 Å². The minimum absolute atomic E-state index is 0.121. The lowest BCUT2D eigenvalue weighted by Crippen LogP contribution is -2.15. The van der Waals surface area contributed by atoms with Crippen molar-refractivity contribution >= 4 is 37.5 Å². The van der Waals surface area contributed by atoms with Crippen LogP contribution in [-0.2, 0) is 10.0 Å². The zero-order chi connectivity index (χ0) is 15.6. The Morgan fingerprint density at radius 3 is 2.62 bits per heavy atom. The molecule has 0 aliphatic carbocycles. The number of non-ortho nitro benzene ring substituents is 1. The molecular formula is C12H10BrN3O4S. The molecule has 0 unspecified atom stereocenters. The van der Waals surface area contributed by atoms with E-state index in [1.54, 1.807) is 19.1 Å². The minimum Gasteiger partial charge on any atom is -0.263 e. The molecular weight excluding hydrogens is 362 g/mol. The average molecular weight is 372 g/mol. The predicted octanol–water partition coefficient (Wildman–Crippen LogP) is 2.86. The Labute approximate surface area is 129 Å². The van der Waals surface area contributed by atoms with Crippen LogP contribution >= 0.6 is 15.9 Å². The molecule has 1 heterocycles. The summed E-state index contributed by atoms with van der Waals surface area (Å²) in [7, 11) is -3.95. The predicted molar refractivity (Wildman–Crippen MR) is 80.6 cm³/mol. The number of hydrogen-bond acceptors (Lipinski definition) is 5. The molecule has 0 aliphatic heterocycles. The summed E-state index contributed by atoms with van der Waals surface area (Å²) in [6, 6.07) is 8.42. The van der Waals surface area contributed by atoms with Gasteiger partial charge in [-0.1, -0.05) is 12.1 Å². The number of nitrogens with one attached hydrogen (secondary N) is 1. The van der Waals surface area contributed by atoms with Gasteiger partial charge in [-0.05, 0) is 40.5 Å². The Morgan fingerprint density at radius 1 is 1.29 bits per heavy atom. The summed E-state index contributed by atoms with van der Waals surface area (Å²) in [6.07, 6.45) is 0. The number of benzene rings is 1. The second kappa shape index (κ2) is 5.78. The van der Waals surface area contributed by atoms with Crippen LogP contribution in [0.1, 0.15) is 5.56 Å². The highest BCUT2D eigenvalue weighted by molar-refractivity contribution is 9.10. The van der Waals surface area contributed by atoms with Crippen LogP contribution in [0.25, 0.3) is 0 Å². The van der Waals surface area contributed by atoms with E-state index in [0.717, 1.165) is 6.07 Å². The van der Waals surface area contributed by atoms with Crippen LogP contribution in [0.3, 0.4) is 0 Å². The third-order valence-corrected chi connectivity index (χ3v) is 4.56. The van der Waals surface area contributed by atoms with Gasteiger partial charge in [0, 0.05) is 12.1 Å². The molecule has 0 saturated heterocycles. The number of pyridine rings is 1. The fraction of sp³-hybridized carbons (Fsp3) is 0.0833. The summed E-state index contributed by atoms with van der Waals surface area (Å²) in [6.45, 7) is 1.56. The molecule has 1 aromatic carbocycles. The Kier molecular flexibility index (Phi) is 4.24. The second-order valence-electron chi connectivity index (χ2n) is 4.16. The molecule has 0 spiro atoms. The smallest absolute Gasteiger partial charge is 0.263 e. The van der Waals surface area contributed by atoms with E-state index in [-0.39, 0.29) is 16.4 Å². The van der Waals surface area contributed by atoms with Gasteiger partial charge in [0.05, 0.1) is 9.82 Å². The standard InChI is InChI=1S/C12H10BrN3O4S/c1-8-5-6-9(16(17)18)7-10(8)21(19,20)15-12-4-2-3-11(13)14-12/h2-7H,1H3,(H,14,15). The maximum Gasteiger partial charge on any atom is 0.270 e. The van der Waals surface area contributed by atoms with Crippen molar-refractivity contribution < 1.29 is 13.3 Å². The quantitative estimate of drug-likeness (QED) is 0.505. The van der Waals surface area contributed by atoms with Gasteiger partial charge in [0.15, 0.2) is 0 Å². The van der Waals surface area contributed by atoms with E-state index in [1.165, 1.54) is 18.2 Å². The Morgan fingerprint density at radius 2 is 2.00 bits per heavy atom. The van der Waals surface area contributed by atoms with E-state index in [9.17, 15) is 18.5 Å². The number of anilines is 1. The van der Waals surface area contributed by atoms with Crippen LogP contribution < -0.4 is 4.72 Å². The third-order valence-electron chi connectivity index (χ3n) is 2.63. The van der Waals surface area contributed by atoms with E-state index >= 15 is 0 Å². The van der Waals surface area contributed by atoms with Crippen molar-refractivity contribution in [3.8, 4) is 0 Å². The molecule has 0 fully saturated rings. The molecule has 0 saturated carbocycles. The molecule has 110 valence electrons. The number of nitro groups is 1. The lowest BCUT2D eigenvalue weighted by Gasteiger charge is -2.09. The van der Waals surface area contributed by atoms with Crippen molar-refractivity contribution in [2.24, 2.45) is 0 Å². The first-order valence-electron chi connectivity index (χ1n) is 5.70. The van der Waals surface area contributed by atoms with E-state index < -0.39 is 14.9 Å². The SMILES string of the molecule is Cc1ccc([N+](=O)[O-])cc1S(=O)(=O)Nc1cccc(Br)n1. The van der Waals surface area contributed by atoms with Gasteiger partial charge < -0.3 is 0 Å². The van der Waals surface area contributed by atoms with Gasteiger partial charge in [0.2, 0.25) is 0 Å². The number of aromatic nitrogens is 1. The first-order valence-corrected chi connectivity index (χ1v) is 7.97. The van der Waals surface area contributed by atoms with E-state index in [0.29, 0.717) is 10.2 Å². The van der Waals surface area contributed by atoms with Crippen molar-refractivity contribution in [2.45, 2.75) is 11.8 Å². The van der Waals surface area contributed by atoms with Gasteiger partial charge in [-0.3, -0.25) is 14.8 Å². The summed E-state index contributed by atoms with van der Waals surface area (Å²) in [4.78, 5) is 13.9. The van der Waals surface area contributed by atoms with Crippen molar-refractivity contribution in [3.05, 3.63) is 56.7 Å². The molecule has 1 aromatic heterocycles. The summed E-state index contributed by atoms with van der Waals surface area (Å²) in [5.74, 6) is 0.121. The topological polar surface area (TPSA) is 102 Å². The monoisotopic (exact) mass is 371 g/mol. The van der Waals surface area contributed by atoms with E-state index in [2.05, 4.69) is 25.6 Å². The van der Waals surface area contributed by atoms with Crippen molar-refractivity contribution in [1.29, 1.82) is 0 Å². The molecule has 7 nitrogen and oxygen atoms in total. The molecule has 0 radical (unpaired) electrons. The third kappa shape index (κ3) is 3.56. The Bertz CT molecular complexity index is 808. The van der Waals surface area contributed by atoms with Crippen LogP contribution in [0, 0.1) is 17.0 Å². The number of aryl methyl sites for hydroxylation is 1. The fourth-order valence-corrected chi connectivity index (χ4v) is 3.26. The highest BCUT2D eigenvalue weighted by Gasteiger charge is 2.21. The molecule has 2 rings (SSSR count). The van der Waals surface area contributed by atoms with Crippen LogP contribution in [0.5, 0.6) is 0 Å². The molecule has 9 heteroatoms.